The highest BCUT2D eigenvalue weighted by molar-refractivity contribution is 6.32. The first-order chi connectivity index (χ1) is 7.27. The molecule has 90 valence electrons. The number of aryl methyl sites for hydroxylation is 2. The van der Waals surface area contributed by atoms with Crippen molar-refractivity contribution < 1.29 is 4.79 Å². The van der Waals surface area contributed by atoms with Gasteiger partial charge in [0.2, 0.25) is 0 Å². The fourth-order valence-electron chi connectivity index (χ4n) is 1.46. The van der Waals surface area contributed by atoms with Gasteiger partial charge < -0.3 is 0 Å². The average Bonchev–Trinajstić information content (AvgIpc) is 2.44. The summed E-state index contributed by atoms with van der Waals surface area (Å²) < 4.78 is 1.81. The van der Waals surface area contributed by atoms with Crippen molar-refractivity contribution in [3.63, 3.8) is 0 Å². The molecule has 0 aliphatic carbocycles. The Hall–Kier alpha value is -0.830. The van der Waals surface area contributed by atoms with Crippen molar-refractivity contribution in [1.29, 1.82) is 0 Å². The molecule has 0 radical (unpaired) electrons. The zero-order valence-corrected chi connectivity index (χ0v) is 11.4. The van der Waals surface area contributed by atoms with Crippen molar-refractivity contribution in [2.45, 2.75) is 47.6 Å². The summed E-state index contributed by atoms with van der Waals surface area (Å²) in [6, 6.07) is 0. The standard InChI is InChI=1S/C12H19ClN2O/c1-6-15-9(11(13)8(2)14-15)7-10(16)12(3,4)5/h6-7H2,1-5H3. The number of halogens is 1. The number of carbonyl (C=O) groups excluding carboxylic acids is 1. The van der Waals surface area contributed by atoms with Gasteiger partial charge in [-0.05, 0) is 13.8 Å². The highest BCUT2D eigenvalue weighted by Crippen LogP contribution is 2.24. The van der Waals surface area contributed by atoms with Gasteiger partial charge in [0.15, 0.2) is 0 Å². The second kappa shape index (κ2) is 4.58. The number of ketones is 1. The fraction of sp³-hybridized carbons (Fsp3) is 0.667. The Bertz CT molecular complexity index is 402. The number of Topliss-reactive ketones (excluding diaryl/α,β-unsaturated/α-hetero) is 1. The molecular formula is C12H19ClN2O. The molecule has 0 aromatic carbocycles. The van der Waals surface area contributed by atoms with Crippen LogP contribution in [-0.2, 0) is 17.8 Å². The normalized spacial score (nSPS) is 11.9. The van der Waals surface area contributed by atoms with E-state index in [1.165, 1.54) is 0 Å². The van der Waals surface area contributed by atoms with Crippen LogP contribution < -0.4 is 0 Å². The summed E-state index contributed by atoms with van der Waals surface area (Å²) >= 11 is 6.15. The Balaban J connectivity index is 3.01. The van der Waals surface area contributed by atoms with E-state index in [0.717, 1.165) is 17.9 Å². The van der Waals surface area contributed by atoms with Crippen molar-refractivity contribution in [2.24, 2.45) is 5.41 Å². The highest BCUT2D eigenvalue weighted by Gasteiger charge is 2.24. The van der Waals surface area contributed by atoms with Gasteiger partial charge in [0.25, 0.3) is 0 Å². The van der Waals surface area contributed by atoms with Gasteiger partial charge in [0, 0.05) is 12.0 Å². The molecule has 0 aliphatic rings. The summed E-state index contributed by atoms with van der Waals surface area (Å²) in [4.78, 5) is 12.0. The predicted molar refractivity (Wildman–Crippen MR) is 65.8 cm³/mol. The third-order valence-electron chi connectivity index (χ3n) is 2.62. The molecule has 16 heavy (non-hydrogen) atoms. The van der Waals surface area contributed by atoms with Crippen LogP contribution in [0.4, 0.5) is 0 Å². The van der Waals surface area contributed by atoms with Crippen LogP contribution in [0.25, 0.3) is 0 Å². The minimum Gasteiger partial charge on any atom is -0.299 e. The van der Waals surface area contributed by atoms with Crippen LogP contribution in [0.3, 0.4) is 0 Å². The summed E-state index contributed by atoms with van der Waals surface area (Å²) in [6.07, 6.45) is 0.358. The quantitative estimate of drug-likeness (QED) is 0.817. The van der Waals surface area contributed by atoms with Crippen molar-refractivity contribution in [1.82, 2.24) is 9.78 Å². The number of hydrogen-bond donors (Lipinski definition) is 0. The maximum Gasteiger partial charge on any atom is 0.144 e. The van der Waals surface area contributed by atoms with Gasteiger partial charge in [-0.25, -0.2) is 0 Å². The molecule has 3 nitrogen and oxygen atoms in total. The van der Waals surface area contributed by atoms with Gasteiger partial charge in [-0.15, -0.1) is 0 Å². The Morgan fingerprint density at radius 1 is 1.44 bits per heavy atom. The van der Waals surface area contributed by atoms with Crippen LogP contribution in [-0.4, -0.2) is 15.6 Å². The molecule has 0 atom stereocenters. The monoisotopic (exact) mass is 242 g/mol. The number of hydrogen-bond acceptors (Lipinski definition) is 2. The second-order valence-electron chi connectivity index (χ2n) is 5.01. The molecule has 1 rings (SSSR count). The zero-order valence-electron chi connectivity index (χ0n) is 10.6. The summed E-state index contributed by atoms with van der Waals surface area (Å²) in [5.41, 5.74) is 1.29. The van der Waals surface area contributed by atoms with E-state index in [9.17, 15) is 4.79 Å². The predicted octanol–water partition coefficient (Wildman–Crippen LogP) is 3.02. The first-order valence-corrected chi connectivity index (χ1v) is 5.90. The Morgan fingerprint density at radius 3 is 2.44 bits per heavy atom. The molecule has 0 saturated carbocycles. The number of carbonyl (C=O) groups is 1. The molecular weight excluding hydrogens is 224 g/mol. The third-order valence-corrected chi connectivity index (χ3v) is 3.11. The maximum atomic E-state index is 12.0. The molecule has 0 saturated heterocycles. The fourth-order valence-corrected chi connectivity index (χ4v) is 1.66. The molecule has 0 unspecified atom stereocenters. The molecule has 0 amide bonds. The van der Waals surface area contributed by atoms with E-state index in [1.54, 1.807) is 4.68 Å². The topological polar surface area (TPSA) is 34.9 Å². The molecule has 0 spiro atoms. The van der Waals surface area contributed by atoms with Crippen molar-refractivity contribution in [2.75, 3.05) is 0 Å². The van der Waals surface area contributed by atoms with E-state index in [-0.39, 0.29) is 11.2 Å². The summed E-state index contributed by atoms with van der Waals surface area (Å²) in [5, 5.41) is 4.92. The molecule has 1 heterocycles. The van der Waals surface area contributed by atoms with Crippen LogP contribution in [0.1, 0.15) is 39.1 Å². The lowest BCUT2D eigenvalue weighted by Gasteiger charge is -2.16. The highest BCUT2D eigenvalue weighted by atomic mass is 35.5. The lowest BCUT2D eigenvalue weighted by atomic mass is 9.88. The van der Waals surface area contributed by atoms with Crippen LogP contribution in [0.2, 0.25) is 5.02 Å². The molecule has 4 heteroatoms. The van der Waals surface area contributed by atoms with E-state index >= 15 is 0 Å². The minimum atomic E-state index is -0.333. The van der Waals surface area contributed by atoms with Gasteiger partial charge in [-0.2, -0.15) is 5.10 Å². The van der Waals surface area contributed by atoms with Gasteiger partial charge in [0.1, 0.15) is 5.78 Å². The Labute approximate surface area is 102 Å². The first-order valence-electron chi connectivity index (χ1n) is 5.52. The van der Waals surface area contributed by atoms with Gasteiger partial charge in [0.05, 0.1) is 22.8 Å². The summed E-state index contributed by atoms with van der Waals surface area (Å²) in [7, 11) is 0. The van der Waals surface area contributed by atoms with E-state index in [0.29, 0.717) is 11.4 Å². The number of nitrogens with zero attached hydrogens (tertiary/aromatic N) is 2. The number of rotatable bonds is 3. The lowest BCUT2D eigenvalue weighted by molar-refractivity contribution is -0.125. The van der Waals surface area contributed by atoms with E-state index in [2.05, 4.69) is 5.10 Å². The molecule has 0 fully saturated rings. The smallest absolute Gasteiger partial charge is 0.144 e. The molecule has 0 N–H and O–H groups in total. The van der Waals surface area contributed by atoms with E-state index in [1.807, 2.05) is 34.6 Å². The first kappa shape index (κ1) is 13.2. The van der Waals surface area contributed by atoms with Gasteiger partial charge in [-0.1, -0.05) is 32.4 Å². The van der Waals surface area contributed by atoms with Gasteiger partial charge >= 0.3 is 0 Å². The van der Waals surface area contributed by atoms with Crippen LogP contribution in [0, 0.1) is 12.3 Å². The molecule has 1 aromatic heterocycles. The largest absolute Gasteiger partial charge is 0.299 e. The summed E-state index contributed by atoms with van der Waals surface area (Å²) in [5.74, 6) is 0.184. The van der Waals surface area contributed by atoms with Crippen LogP contribution in [0.15, 0.2) is 0 Å². The zero-order chi connectivity index (χ0) is 12.5. The van der Waals surface area contributed by atoms with Crippen molar-refractivity contribution in [3.8, 4) is 0 Å². The lowest BCUT2D eigenvalue weighted by Crippen LogP contribution is -2.23. The second-order valence-corrected chi connectivity index (χ2v) is 5.39. The number of aromatic nitrogens is 2. The maximum absolute atomic E-state index is 12.0. The van der Waals surface area contributed by atoms with Crippen molar-refractivity contribution >= 4 is 17.4 Å². The SMILES string of the molecule is CCn1nc(C)c(Cl)c1CC(=O)C(C)(C)C. The Kier molecular flexibility index (Phi) is 3.79. The average molecular weight is 243 g/mol. The van der Waals surface area contributed by atoms with Crippen molar-refractivity contribution in [3.05, 3.63) is 16.4 Å². The third kappa shape index (κ3) is 2.64. The minimum absolute atomic E-state index is 0.184. The molecule has 1 aromatic rings. The van der Waals surface area contributed by atoms with E-state index in [4.69, 9.17) is 11.6 Å². The Morgan fingerprint density at radius 2 is 2.00 bits per heavy atom. The van der Waals surface area contributed by atoms with Crippen LogP contribution in [0.5, 0.6) is 0 Å². The molecule has 0 aliphatic heterocycles. The van der Waals surface area contributed by atoms with E-state index < -0.39 is 0 Å². The molecule has 0 bridgehead atoms. The van der Waals surface area contributed by atoms with Gasteiger partial charge in [-0.3, -0.25) is 9.48 Å². The summed E-state index contributed by atoms with van der Waals surface area (Å²) in [6.45, 7) is 10.3. The van der Waals surface area contributed by atoms with Crippen LogP contribution >= 0.6 is 11.6 Å².